The van der Waals surface area contributed by atoms with E-state index in [0.29, 0.717) is 31.6 Å². The lowest BCUT2D eigenvalue weighted by Gasteiger charge is -2.42. The summed E-state index contributed by atoms with van der Waals surface area (Å²) in [6.45, 7) is 5.35. The number of aryl methyl sites for hydroxylation is 1. The van der Waals surface area contributed by atoms with Gasteiger partial charge in [0, 0.05) is 37.2 Å². The van der Waals surface area contributed by atoms with Gasteiger partial charge in [-0.2, -0.15) is 0 Å². The van der Waals surface area contributed by atoms with Crippen LogP contribution in [0.3, 0.4) is 0 Å². The fraction of sp³-hybridized carbons (Fsp3) is 0.619. The molecule has 5 heteroatoms. The van der Waals surface area contributed by atoms with Gasteiger partial charge < -0.3 is 9.80 Å². The first-order valence-electron chi connectivity index (χ1n) is 9.72. The molecule has 0 N–H and O–H groups in total. The fourth-order valence-electron chi connectivity index (χ4n) is 4.24. The van der Waals surface area contributed by atoms with Crippen molar-refractivity contribution in [3.63, 3.8) is 0 Å². The van der Waals surface area contributed by atoms with Gasteiger partial charge >= 0.3 is 0 Å². The highest BCUT2D eigenvalue weighted by molar-refractivity contribution is 5.94. The second kappa shape index (κ2) is 8.19. The van der Waals surface area contributed by atoms with Crippen molar-refractivity contribution in [1.29, 1.82) is 0 Å². The van der Waals surface area contributed by atoms with E-state index in [0.717, 1.165) is 24.8 Å². The molecule has 1 aliphatic heterocycles. The second-order valence-electron chi connectivity index (χ2n) is 7.88. The molecule has 1 saturated carbocycles. The Morgan fingerprint density at radius 3 is 2.54 bits per heavy atom. The van der Waals surface area contributed by atoms with E-state index in [2.05, 4.69) is 0 Å². The lowest BCUT2D eigenvalue weighted by molar-refractivity contribution is -0.141. The van der Waals surface area contributed by atoms with E-state index < -0.39 is 0 Å². The highest BCUT2D eigenvalue weighted by Gasteiger charge is 2.35. The standard InChI is InChI=1S/C21H29FN2O2/c1-15-6-8-18(9-7-15)20(25)23-10-11-24(16(2)14-23)21(26)19-5-3-4-17(12-19)13-22/h6-9,16-17,19H,3-5,10-14H2,1-2H3/t16?,17-,19+/m0/s1. The third-order valence-electron chi connectivity index (χ3n) is 5.85. The molecule has 2 fully saturated rings. The number of halogens is 1. The van der Waals surface area contributed by atoms with Gasteiger partial charge in [-0.1, -0.05) is 24.1 Å². The van der Waals surface area contributed by atoms with Gasteiger partial charge in [-0.3, -0.25) is 14.0 Å². The summed E-state index contributed by atoms with van der Waals surface area (Å²) in [5.41, 5.74) is 1.82. The summed E-state index contributed by atoms with van der Waals surface area (Å²) in [6, 6.07) is 7.61. The number of nitrogens with zero attached hydrogens (tertiary/aromatic N) is 2. The Balaban J connectivity index is 1.60. The molecule has 0 spiro atoms. The van der Waals surface area contributed by atoms with Gasteiger partial charge in [0.05, 0.1) is 6.67 Å². The molecule has 3 atom stereocenters. The molecule has 2 amide bonds. The summed E-state index contributed by atoms with van der Waals surface area (Å²) in [5, 5.41) is 0. The van der Waals surface area contributed by atoms with Gasteiger partial charge in [0.15, 0.2) is 0 Å². The number of hydrogen-bond acceptors (Lipinski definition) is 2. The lowest BCUT2D eigenvalue weighted by Crippen LogP contribution is -2.56. The third-order valence-corrected chi connectivity index (χ3v) is 5.85. The van der Waals surface area contributed by atoms with Crippen LogP contribution in [0.4, 0.5) is 4.39 Å². The topological polar surface area (TPSA) is 40.6 Å². The molecule has 1 aromatic rings. The van der Waals surface area contributed by atoms with Crippen molar-refractivity contribution in [3.8, 4) is 0 Å². The first-order chi connectivity index (χ1) is 12.5. The molecule has 26 heavy (non-hydrogen) atoms. The fourth-order valence-corrected chi connectivity index (χ4v) is 4.24. The van der Waals surface area contributed by atoms with Crippen LogP contribution in [0.1, 0.15) is 48.5 Å². The number of alkyl halides is 1. The third kappa shape index (κ3) is 4.08. The van der Waals surface area contributed by atoms with Crippen molar-refractivity contribution in [1.82, 2.24) is 9.80 Å². The van der Waals surface area contributed by atoms with Crippen LogP contribution in [-0.4, -0.2) is 54.0 Å². The first kappa shape index (κ1) is 18.9. The molecule has 1 saturated heterocycles. The van der Waals surface area contributed by atoms with Crippen LogP contribution >= 0.6 is 0 Å². The number of amides is 2. The SMILES string of the molecule is Cc1ccc(C(=O)N2CCN(C(=O)[C@@H]3CCC[C@H](CF)C3)C(C)C2)cc1. The summed E-state index contributed by atoms with van der Waals surface area (Å²) in [5.74, 6) is 0.168. The van der Waals surface area contributed by atoms with E-state index in [4.69, 9.17) is 0 Å². The largest absolute Gasteiger partial charge is 0.336 e. The van der Waals surface area contributed by atoms with Gasteiger partial charge in [0.2, 0.25) is 5.91 Å². The van der Waals surface area contributed by atoms with Gasteiger partial charge in [0.25, 0.3) is 5.91 Å². The van der Waals surface area contributed by atoms with Crippen LogP contribution in [0, 0.1) is 18.8 Å². The number of carbonyl (C=O) groups is 2. The molecule has 1 heterocycles. The Morgan fingerprint density at radius 1 is 1.15 bits per heavy atom. The van der Waals surface area contributed by atoms with Crippen LogP contribution in [0.2, 0.25) is 0 Å². The van der Waals surface area contributed by atoms with Crippen LogP contribution < -0.4 is 0 Å². The summed E-state index contributed by atoms with van der Waals surface area (Å²) >= 11 is 0. The van der Waals surface area contributed by atoms with Gasteiger partial charge in [0.1, 0.15) is 0 Å². The number of piperazine rings is 1. The molecule has 0 aromatic heterocycles. The molecule has 2 aliphatic rings. The van der Waals surface area contributed by atoms with E-state index in [9.17, 15) is 14.0 Å². The monoisotopic (exact) mass is 360 g/mol. The van der Waals surface area contributed by atoms with E-state index in [-0.39, 0.29) is 36.4 Å². The minimum atomic E-state index is -0.321. The Morgan fingerprint density at radius 2 is 1.88 bits per heavy atom. The average molecular weight is 360 g/mol. The lowest BCUT2D eigenvalue weighted by atomic mass is 9.81. The van der Waals surface area contributed by atoms with Crippen molar-refractivity contribution in [3.05, 3.63) is 35.4 Å². The van der Waals surface area contributed by atoms with Crippen molar-refractivity contribution >= 4 is 11.8 Å². The zero-order chi connectivity index (χ0) is 18.7. The van der Waals surface area contributed by atoms with E-state index in [1.807, 2.05) is 47.9 Å². The summed E-state index contributed by atoms with van der Waals surface area (Å²) in [7, 11) is 0. The second-order valence-corrected chi connectivity index (χ2v) is 7.88. The first-order valence-corrected chi connectivity index (χ1v) is 9.72. The zero-order valence-electron chi connectivity index (χ0n) is 15.8. The van der Waals surface area contributed by atoms with Crippen molar-refractivity contribution in [2.45, 2.75) is 45.6 Å². The van der Waals surface area contributed by atoms with Crippen LogP contribution in [0.25, 0.3) is 0 Å². The number of benzene rings is 1. The quantitative estimate of drug-likeness (QED) is 0.828. The molecular weight excluding hydrogens is 331 g/mol. The van der Waals surface area contributed by atoms with Crippen molar-refractivity contribution < 1.29 is 14.0 Å². The molecule has 3 rings (SSSR count). The van der Waals surface area contributed by atoms with E-state index >= 15 is 0 Å². The number of rotatable bonds is 3. The maximum atomic E-state index is 13.0. The van der Waals surface area contributed by atoms with Crippen molar-refractivity contribution in [2.75, 3.05) is 26.3 Å². The molecule has 1 unspecified atom stereocenters. The number of carbonyl (C=O) groups excluding carboxylic acids is 2. The summed E-state index contributed by atoms with van der Waals surface area (Å²) < 4.78 is 13.0. The molecular formula is C21H29FN2O2. The Kier molecular flexibility index (Phi) is 5.94. The van der Waals surface area contributed by atoms with Crippen LogP contribution in [-0.2, 0) is 4.79 Å². The summed E-state index contributed by atoms with van der Waals surface area (Å²) in [4.78, 5) is 29.4. The van der Waals surface area contributed by atoms with E-state index in [1.165, 1.54) is 0 Å². The minimum Gasteiger partial charge on any atom is -0.336 e. The van der Waals surface area contributed by atoms with Crippen molar-refractivity contribution in [2.24, 2.45) is 11.8 Å². The van der Waals surface area contributed by atoms with Crippen LogP contribution in [0.15, 0.2) is 24.3 Å². The summed E-state index contributed by atoms with van der Waals surface area (Å²) in [6.07, 6.45) is 3.37. The smallest absolute Gasteiger partial charge is 0.253 e. The molecule has 4 nitrogen and oxygen atoms in total. The predicted octanol–water partition coefficient (Wildman–Crippen LogP) is 3.44. The maximum Gasteiger partial charge on any atom is 0.253 e. The Bertz CT molecular complexity index is 646. The van der Waals surface area contributed by atoms with Crippen LogP contribution in [0.5, 0.6) is 0 Å². The minimum absolute atomic E-state index is 0.00333. The molecule has 0 bridgehead atoms. The van der Waals surface area contributed by atoms with Gasteiger partial charge in [-0.15, -0.1) is 0 Å². The normalized spacial score (nSPS) is 26.7. The Hall–Kier alpha value is -1.91. The zero-order valence-corrected chi connectivity index (χ0v) is 15.8. The highest BCUT2D eigenvalue weighted by atomic mass is 19.1. The molecule has 0 radical (unpaired) electrons. The highest BCUT2D eigenvalue weighted by Crippen LogP contribution is 2.31. The van der Waals surface area contributed by atoms with Gasteiger partial charge in [-0.05, 0) is 51.2 Å². The molecule has 142 valence electrons. The maximum absolute atomic E-state index is 13.0. The molecule has 1 aliphatic carbocycles. The van der Waals surface area contributed by atoms with E-state index in [1.54, 1.807) is 0 Å². The molecule has 1 aromatic carbocycles. The average Bonchev–Trinajstić information content (AvgIpc) is 2.67. The van der Waals surface area contributed by atoms with Gasteiger partial charge in [-0.25, -0.2) is 0 Å². The Labute approximate surface area is 155 Å². The number of hydrogen-bond donors (Lipinski definition) is 0. The predicted molar refractivity (Wildman–Crippen MR) is 99.7 cm³/mol.